The Morgan fingerprint density at radius 2 is 1.16 bits per heavy atom. The Kier molecular flexibility index (Phi) is 24.8. The van der Waals surface area contributed by atoms with E-state index in [2.05, 4.69) is 10.6 Å². The molecule has 3 aliphatic rings. The molecule has 1 saturated carbocycles. The zero-order chi connectivity index (χ0) is 36.2. The summed E-state index contributed by atoms with van der Waals surface area (Å²) in [4.78, 5) is 52.9. The molecule has 50 heavy (non-hydrogen) atoms. The van der Waals surface area contributed by atoms with Crippen LogP contribution in [0.5, 0.6) is 0 Å². The van der Waals surface area contributed by atoms with Gasteiger partial charge >= 0.3 is 0 Å². The van der Waals surface area contributed by atoms with E-state index in [1.54, 1.807) is 12.0 Å². The van der Waals surface area contributed by atoms with Gasteiger partial charge < -0.3 is 46.1 Å². The van der Waals surface area contributed by atoms with Crippen LogP contribution in [0.4, 0.5) is 0 Å². The van der Waals surface area contributed by atoms with Gasteiger partial charge in [0, 0.05) is 39.7 Å². The number of amides is 4. The summed E-state index contributed by atoms with van der Waals surface area (Å²) in [6, 6.07) is -0.611. The summed E-state index contributed by atoms with van der Waals surface area (Å²) in [6.07, 6.45) is 18.8. The number of unbranched alkanes of at least 4 members (excludes halogenated alkanes) is 4. The minimum Gasteiger partial charge on any atom is -0.382 e. The zero-order valence-corrected chi connectivity index (χ0v) is 31.1. The molecule has 1 aliphatic carbocycles. The molecule has 0 bridgehead atoms. The second-order valence-electron chi connectivity index (χ2n) is 13.8. The van der Waals surface area contributed by atoms with Crippen molar-refractivity contribution in [1.29, 1.82) is 0 Å². The topological polar surface area (TPSA) is 179 Å². The number of hydrogen-bond acceptors (Lipinski definition) is 9. The van der Waals surface area contributed by atoms with E-state index in [1.165, 1.54) is 38.5 Å². The Bertz CT molecular complexity index is 934. The number of nitrogens with two attached hydrogens (primary N) is 2. The highest BCUT2D eigenvalue weighted by Gasteiger charge is 2.34. The van der Waals surface area contributed by atoms with Crippen LogP contribution in [0.2, 0.25) is 0 Å². The molecule has 0 aromatic heterocycles. The van der Waals surface area contributed by atoms with Crippen molar-refractivity contribution in [2.45, 2.75) is 128 Å². The number of nitrogens with one attached hydrogen (secondary N) is 2. The van der Waals surface area contributed by atoms with Crippen LogP contribution in [0.25, 0.3) is 0 Å². The molecule has 4 amide bonds. The molecule has 0 spiro atoms. The Balaban J connectivity index is 0.000000347. The summed E-state index contributed by atoms with van der Waals surface area (Å²) in [5.41, 5.74) is 10.9. The number of nitrogens with zero attached hydrogens (tertiary/aromatic N) is 2. The third-order valence-corrected chi connectivity index (χ3v) is 9.87. The van der Waals surface area contributed by atoms with Gasteiger partial charge in [-0.15, -0.1) is 0 Å². The summed E-state index contributed by atoms with van der Waals surface area (Å²) in [7, 11) is 1.61. The molecular weight excluding hydrogens is 640 g/mol. The first kappa shape index (κ1) is 43.8. The van der Waals surface area contributed by atoms with Crippen molar-refractivity contribution in [1.82, 2.24) is 20.4 Å². The van der Waals surface area contributed by atoms with Gasteiger partial charge in [-0.2, -0.15) is 0 Å². The van der Waals surface area contributed by atoms with E-state index in [0.29, 0.717) is 72.0 Å². The fraction of sp³-hybridized carbons (Fsp3) is 0.892. The second kappa shape index (κ2) is 28.3. The molecule has 2 atom stereocenters. The molecule has 3 rings (SSSR count). The van der Waals surface area contributed by atoms with Crippen LogP contribution in [0.1, 0.15) is 116 Å². The first-order valence-corrected chi connectivity index (χ1v) is 19.6. The van der Waals surface area contributed by atoms with E-state index >= 15 is 0 Å². The Hall–Kier alpha value is -2.32. The van der Waals surface area contributed by atoms with E-state index in [-0.39, 0.29) is 42.3 Å². The van der Waals surface area contributed by atoms with E-state index in [1.807, 2.05) is 4.90 Å². The maximum Gasteiger partial charge on any atom is 0.249 e. The van der Waals surface area contributed by atoms with Crippen molar-refractivity contribution in [2.24, 2.45) is 17.4 Å². The maximum atomic E-state index is 12.5. The molecule has 2 unspecified atom stereocenters. The second-order valence-corrected chi connectivity index (χ2v) is 13.8. The van der Waals surface area contributed by atoms with E-state index in [0.717, 1.165) is 76.7 Å². The number of rotatable bonds is 24. The highest BCUT2D eigenvalue weighted by Crippen LogP contribution is 2.28. The monoisotopic (exact) mass is 711 g/mol. The average molecular weight is 711 g/mol. The molecule has 2 heterocycles. The van der Waals surface area contributed by atoms with Crippen molar-refractivity contribution in [2.75, 3.05) is 79.4 Å². The molecule has 0 radical (unpaired) electrons. The predicted molar refractivity (Wildman–Crippen MR) is 195 cm³/mol. The van der Waals surface area contributed by atoms with Gasteiger partial charge in [0.1, 0.15) is 18.7 Å². The summed E-state index contributed by atoms with van der Waals surface area (Å²) in [6.45, 7) is 5.86. The molecule has 2 aliphatic heterocycles. The van der Waals surface area contributed by atoms with Crippen LogP contribution in [-0.4, -0.2) is 125 Å². The first-order valence-electron chi connectivity index (χ1n) is 19.6. The van der Waals surface area contributed by atoms with Crippen molar-refractivity contribution in [3.05, 3.63) is 0 Å². The van der Waals surface area contributed by atoms with Gasteiger partial charge in [-0.05, 0) is 83.2 Å². The van der Waals surface area contributed by atoms with Crippen molar-refractivity contribution < 1.29 is 33.4 Å². The van der Waals surface area contributed by atoms with E-state index < -0.39 is 0 Å². The smallest absolute Gasteiger partial charge is 0.249 e. The van der Waals surface area contributed by atoms with Crippen LogP contribution < -0.4 is 22.1 Å². The van der Waals surface area contributed by atoms with Gasteiger partial charge in [-0.3, -0.25) is 19.2 Å². The fourth-order valence-electron chi connectivity index (χ4n) is 6.99. The lowest BCUT2D eigenvalue weighted by Crippen LogP contribution is -2.47. The third-order valence-electron chi connectivity index (χ3n) is 9.87. The van der Waals surface area contributed by atoms with Crippen LogP contribution in [0.15, 0.2) is 0 Å². The normalized spacial score (nSPS) is 19.3. The highest BCUT2D eigenvalue weighted by atomic mass is 16.5. The highest BCUT2D eigenvalue weighted by molar-refractivity contribution is 5.89. The summed E-state index contributed by atoms with van der Waals surface area (Å²) >= 11 is 0. The van der Waals surface area contributed by atoms with Crippen LogP contribution >= 0.6 is 0 Å². The molecule has 13 nitrogen and oxygen atoms in total. The minimum atomic E-state index is -0.372. The average Bonchev–Trinajstić information content (AvgIpc) is 3.83. The van der Waals surface area contributed by atoms with Gasteiger partial charge in [0.15, 0.2) is 0 Å². The Labute approximate surface area is 301 Å². The van der Waals surface area contributed by atoms with Crippen LogP contribution in [-0.2, 0) is 33.4 Å². The largest absolute Gasteiger partial charge is 0.382 e. The standard InChI is InChI=1S/C20H37N3O2.C17H33N3O5/c21-14-5-2-6-15-22-20(25)18-12-8-16-23(18)19(24)13-7-11-17-9-3-1-4-10-17;1-23-10-11-24-12-13-25-14-16(21)20-9-5-6-15(20)17(22)19-8-4-2-3-7-18/h17-18H,1-16,21H2,(H,22,25);15H,2-14,18H2,1H3,(H,19,22). The van der Waals surface area contributed by atoms with Gasteiger partial charge in [0.2, 0.25) is 23.6 Å². The Morgan fingerprint density at radius 3 is 1.72 bits per heavy atom. The van der Waals surface area contributed by atoms with Crippen LogP contribution in [0.3, 0.4) is 0 Å². The lowest BCUT2D eigenvalue weighted by molar-refractivity contribution is -0.142. The van der Waals surface area contributed by atoms with E-state index in [4.69, 9.17) is 25.7 Å². The molecule has 0 aromatic rings. The van der Waals surface area contributed by atoms with Gasteiger partial charge in [0.05, 0.1) is 26.4 Å². The molecule has 3 fully saturated rings. The Morgan fingerprint density at radius 1 is 0.620 bits per heavy atom. The minimum absolute atomic E-state index is 0.0199. The van der Waals surface area contributed by atoms with Gasteiger partial charge in [-0.1, -0.05) is 44.9 Å². The van der Waals surface area contributed by atoms with Crippen molar-refractivity contribution >= 4 is 23.6 Å². The van der Waals surface area contributed by atoms with Crippen LogP contribution in [0, 0.1) is 5.92 Å². The number of methoxy groups -OCH3 is 1. The molecule has 290 valence electrons. The lowest BCUT2D eigenvalue weighted by atomic mass is 9.86. The van der Waals surface area contributed by atoms with Crippen molar-refractivity contribution in [3.8, 4) is 0 Å². The number of carbonyl (C=O) groups is 4. The summed E-state index contributed by atoms with van der Waals surface area (Å²) < 4.78 is 15.5. The molecule has 2 saturated heterocycles. The fourth-order valence-corrected chi connectivity index (χ4v) is 6.99. The summed E-state index contributed by atoms with van der Waals surface area (Å²) in [5, 5.41) is 5.92. The zero-order valence-electron chi connectivity index (χ0n) is 31.1. The predicted octanol–water partition coefficient (Wildman–Crippen LogP) is 2.88. The summed E-state index contributed by atoms with van der Waals surface area (Å²) in [5.74, 6) is 0.828. The number of ether oxygens (including phenoxy) is 3. The molecular formula is C37H70N6O7. The lowest BCUT2D eigenvalue weighted by Gasteiger charge is -2.25. The third kappa shape index (κ3) is 18.3. The number of hydrogen-bond donors (Lipinski definition) is 4. The maximum absolute atomic E-state index is 12.5. The number of likely N-dealkylation sites (tertiary alicyclic amines) is 2. The van der Waals surface area contributed by atoms with E-state index in [9.17, 15) is 19.2 Å². The van der Waals surface area contributed by atoms with Gasteiger partial charge in [-0.25, -0.2) is 0 Å². The SMILES string of the molecule is COCCOCCOCC(=O)N1CCCC1C(=O)NCCCCCN.NCCCCCNC(=O)C1CCCN1C(=O)CCCC1CCCCC1. The molecule has 6 N–H and O–H groups in total. The molecule has 13 heteroatoms. The molecule has 0 aromatic carbocycles. The number of carbonyl (C=O) groups excluding carboxylic acids is 4. The van der Waals surface area contributed by atoms with Crippen molar-refractivity contribution in [3.63, 3.8) is 0 Å². The first-order chi connectivity index (χ1) is 24.4. The van der Waals surface area contributed by atoms with Gasteiger partial charge in [0.25, 0.3) is 0 Å². The quantitative estimate of drug-likeness (QED) is 0.110.